The normalized spacial score (nSPS) is 10.8. The molecule has 2 aromatic rings. The van der Waals surface area contributed by atoms with E-state index >= 15 is 0 Å². The van der Waals surface area contributed by atoms with Gasteiger partial charge in [0.15, 0.2) is 0 Å². The Hall–Kier alpha value is -1.65. The third-order valence-corrected chi connectivity index (χ3v) is 2.98. The SMILES string of the molecule is COCCNCc1cccn1Cc1ccc(F)cc1. The summed E-state index contributed by atoms with van der Waals surface area (Å²) in [5.74, 6) is -0.197. The second-order valence-electron chi connectivity index (χ2n) is 4.42. The van der Waals surface area contributed by atoms with Crippen LogP contribution in [-0.4, -0.2) is 24.8 Å². The van der Waals surface area contributed by atoms with Crippen LogP contribution < -0.4 is 5.32 Å². The number of nitrogens with zero attached hydrogens (tertiary/aromatic N) is 1. The van der Waals surface area contributed by atoms with Crippen molar-refractivity contribution in [3.8, 4) is 0 Å². The zero-order chi connectivity index (χ0) is 13.5. The van der Waals surface area contributed by atoms with Crippen LogP contribution in [0.2, 0.25) is 0 Å². The quantitative estimate of drug-likeness (QED) is 0.776. The molecule has 0 aliphatic rings. The van der Waals surface area contributed by atoms with Crippen LogP contribution in [0.3, 0.4) is 0 Å². The van der Waals surface area contributed by atoms with Crippen LogP contribution in [0, 0.1) is 5.82 Å². The molecule has 1 aromatic carbocycles. The molecule has 2 rings (SSSR count). The van der Waals surface area contributed by atoms with Crippen molar-refractivity contribution in [2.75, 3.05) is 20.3 Å². The molecule has 0 atom stereocenters. The van der Waals surface area contributed by atoms with Gasteiger partial charge in [0.25, 0.3) is 0 Å². The second kappa shape index (κ2) is 7.07. The summed E-state index contributed by atoms with van der Waals surface area (Å²) in [5, 5.41) is 3.32. The van der Waals surface area contributed by atoms with Gasteiger partial charge in [0, 0.05) is 38.6 Å². The van der Waals surface area contributed by atoms with Crippen LogP contribution in [0.15, 0.2) is 42.6 Å². The number of nitrogens with one attached hydrogen (secondary N) is 1. The first-order chi connectivity index (χ1) is 9.29. The van der Waals surface area contributed by atoms with Crippen molar-refractivity contribution in [3.05, 3.63) is 59.7 Å². The minimum atomic E-state index is -0.197. The average Bonchev–Trinajstić information content (AvgIpc) is 2.85. The van der Waals surface area contributed by atoms with Crippen molar-refractivity contribution in [1.29, 1.82) is 0 Å². The Bertz CT molecular complexity index is 493. The first-order valence-corrected chi connectivity index (χ1v) is 6.37. The summed E-state index contributed by atoms with van der Waals surface area (Å²) >= 11 is 0. The Morgan fingerprint density at radius 2 is 2.00 bits per heavy atom. The summed E-state index contributed by atoms with van der Waals surface area (Å²) < 4.78 is 20.0. The zero-order valence-electron chi connectivity index (χ0n) is 11.1. The largest absolute Gasteiger partial charge is 0.383 e. The Morgan fingerprint density at radius 1 is 1.21 bits per heavy atom. The van der Waals surface area contributed by atoms with Crippen molar-refractivity contribution in [3.63, 3.8) is 0 Å². The van der Waals surface area contributed by atoms with Crippen molar-refractivity contribution in [2.24, 2.45) is 0 Å². The van der Waals surface area contributed by atoms with Gasteiger partial charge < -0.3 is 14.6 Å². The molecule has 4 heteroatoms. The number of methoxy groups -OCH3 is 1. The fourth-order valence-corrected chi connectivity index (χ4v) is 1.94. The van der Waals surface area contributed by atoms with Crippen LogP contribution in [0.1, 0.15) is 11.3 Å². The highest BCUT2D eigenvalue weighted by atomic mass is 19.1. The summed E-state index contributed by atoms with van der Waals surface area (Å²) in [6.07, 6.45) is 2.04. The van der Waals surface area contributed by atoms with Crippen LogP contribution in [0.25, 0.3) is 0 Å². The van der Waals surface area contributed by atoms with Gasteiger partial charge in [0.2, 0.25) is 0 Å². The average molecular weight is 262 g/mol. The Kier molecular flexibility index (Phi) is 5.12. The predicted octanol–water partition coefficient (Wildman–Crippen LogP) is 2.41. The molecule has 19 heavy (non-hydrogen) atoms. The fraction of sp³-hybridized carbons (Fsp3) is 0.333. The maximum Gasteiger partial charge on any atom is 0.123 e. The highest BCUT2D eigenvalue weighted by Gasteiger charge is 2.02. The van der Waals surface area contributed by atoms with E-state index in [4.69, 9.17) is 4.74 Å². The Labute approximate surface area is 113 Å². The molecule has 3 nitrogen and oxygen atoms in total. The first-order valence-electron chi connectivity index (χ1n) is 6.37. The van der Waals surface area contributed by atoms with Gasteiger partial charge in [-0.3, -0.25) is 0 Å². The van der Waals surface area contributed by atoms with E-state index in [0.717, 1.165) is 25.2 Å². The molecule has 0 aliphatic heterocycles. The van der Waals surface area contributed by atoms with E-state index < -0.39 is 0 Å². The van der Waals surface area contributed by atoms with Crippen LogP contribution in [-0.2, 0) is 17.8 Å². The summed E-state index contributed by atoms with van der Waals surface area (Å²) in [6.45, 7) is 3.10. The van der Waals surface area contributed by atoms with Crippen molar-refractivity contribution in [2.45, 2.75) is 13.1 Å². The maximum absolute atomic E-state index is 12.9. The number of ether oxygens (including phenoxy) is 1. The van der Waals surface area contributed by atoms with Gasteiger partial charge in [-0.05, 0) is 29.8 Å². The van der Waals surface area contributed by atoms with E-state index in [1.54, 1.807) is 7.11 Å². The van der Waals surface area contributed by atoms with E-state index in [-0.39, 0.29) is 5.82 Å². The van der Waals surface area contributed by atoms with Gasteiger partial charge in [-0.1, -0.05) is 12.1 Å². The molecule has 1 heterocycles. The molecule has 0 bridgehead atoms. The van der Waals surface area contributed by atoms with Crippen molar-refractivity contribution >= 4 is 0 Å². The minimum Gasteiger partial charge on any atom is -0.383 e. The molecule has 0 saturated carbocycles. The van der Waals surface area contributed by atoms with E-state index in [9.17, 15) is 4.39 Å². The van der Waals surface area contributed by atoms with Gasteiger partial charge >= 0.3 is 0 Å². The Morgan fingerprint density at radius 3 is 2.74 bits per heavy atom. The van der Waals surface area contributed by atoms with Gasteiger partial charge in [0.05, 0.1) is 6.61 Å². The molecule has 0 spiro atoms. The Balaban J connectivity index is 1.93. The molecular formula is C15H19FN2O. The maximum atomic E-state index is 12.9. The monoisotopic (exact) mass is 262 g/mol. The van der Waals surface area contributed by atoms with E-state index in [1.165, 1.54) is 17.8 Å². The lowest BCUT2D eigenvalue weighted by molar-refractivity contribution is 0.199. The number of benzene rings is 1. The van der Waals surface area contributed by atoms with Gasteiger partial charge in [-0.2, -0.15) is 0 Å². The molecule has 0 fully saturated rings. The van der Waals surface area contributed by atoms with E-state index in [1.807, 2.05) is 24.4 Å². The highest BCUT2D eigenvalue weighted by molar-refractivity contribution is 5.18. The zero-order valence-corrected chi connectivity index (χ0v) is 11.1. The van der Waals surface area contributed by atoms with Crippen LogP contribution in [0.5, 0.6) is 0 Å². The first kappa shape index (κ1) is 13.8. The smallest absolute Gasteiger partial charge is 0.123 e. The fourth-order valence-electron chi connectivity index (χ4n) is 1.94. The van der Waals surface area contributed by atoms with Crippen LogP contribution in [0.4, 0.5) is 4.39 Å². The topological polar surface area (TPSA) is 26.2 Å². The standard InChI is InChI=1S/C15H19FN2O/c1-19-10-8-17-11-15-3-2-9-18(15)12-13-4-6-14(16)7-5-13/h2-7,9,17H,8,10-12H2,1H3. The lowest BCUT2D eigenvalue weighted by Crippen LogP contribution is -2.20. The molecule has 0 radical (unpaired) electrons. The van der Waals surface area contributed by atoms with E-state index in [0.29, 0.717) is 6.61 Å². The minimum absolute atomic E-state index is 0.197. The summed E-state index contributed by atoms with van der Waals surface area (Å²) in [7, 11) is 1.69. The number of aromatic nitrogens is 1. The number of rotatable bonds is 7. The van der Waals surface area contributed by atoms with Crippen molar-refractivity contribution in [1.82, 2.24) is 9.88 Å². The molecule has 0 aliphatic carbocycles. The second-order valence-corrected chi connectivity index (χ2v) is 4.42. The van der Waals surface area contributed by atoms with Gasteiger partial charge in [-0.25, -0.2) is 4.39 Å². The molecule has 102 valence electrons. The predicted molar refractivity (Wildman–Crippen MR) is 73.5 cm³/mol. The number of hydrogen-bond donors (Lipinski definition) is 1. The number of hydrogen-bond acceptors (Lipinski definition) is 2. The highest BCUT2D eigenvalue weighted by Crippen LogP contribution is 2.09. The molecule has 1 N–H and O–H groups in total. The molecular weight excluding hydrogens is 243 g/mol. The third-order valence-electron chi connectivity index (χ3n) is 2.98. The lowest BCUT2D eigenvalue weighted by Gasteiger charge is -2.10. The van der Waals surface area contributed by atoms with E-state index in [2.05, 4.69) is 16.0 Å². The van der Waals surface area contributed by atoms with Gasteiger partial charge in [0.1, 0.15) is 5.82 Å². The summed E-state index contributed by atoms with van der Waals surface area (Å²) in [4.78, 5) is 0. The summed E-state index contributed by atoms with van der Waals surface area (Å²) in [6, 6.07) is 10.7. The molecule has 0 unspecified atom stereocenters. The van der Waals surface area contributed by atoms with Crippen molar-refractivity contribution < 1.29 is 9.13 Å². The lowest BCUT2D eigenvalue weighted by atomic mass is 10.2. The number of halogens is 1. The molecule has 0 amide bonds. The van der Waals surface area contributed by atoms with Crippen LogP contribution >= 0.6 is 0 Å². The third kappa shape index (κ3) is 4.19. The molecule has 1 aromatic heterocycles. The van der Waals surface area contributed by atoms with Gasteiger partial charge in [-0.15, -0.1) is 0 Å². The summed E-state index contributed by atoms with van der Waals surface area (Å²) in [5.41, 5.74) is 2.30. The molecule has 0 saturated heterocycles.